The van der Waals surface area contributed by atoms with Crippen LogP contribution in [0.4, 0.5) is 0 Å². The van der Waals surface area contributed by atoms with Gasteiger partial charge in [-0.1, -0.05) is 0 Å². The zero-order valence-electron chi connectivity index (χ0n) is 13.0. The van der Waals surface area contributed by atoms with Gasteiger partial charge in [0, 0.05) is 37.4 Å². The molecular weight excluding hydrogens is 278 g/mol. The Morgan fingerprint density at radius 1 is 1.27 bits per heavy atom. The van der Waals surface area contributed by atoms with Gasteiger partial charge in [-0.25, -0.2) is 0 Å². The van der Waals surface area contributed by atoms with Gasteiger partial charge in [-0.05, 0) is 50.7 Å². The topological polar surface area (TPSA) is 62.3 Å². The first-order valence-corrected chi connectivity index (χ1v) is 8.15. The maximum absolute atomic E-state index is 12.3. The van der Waals surface area contributed by atoms with Crippen LogP contribution in [0.1, 0.15) is 43.0 Å². The Kier molecular flexibility index (Phi) is 4.41. The fraction of sp³-hybridized carbons (Fsp3) is 0.588. The Morgan fingerprint density at radius 2 is 2.00 bits per heavy atom. The quantitative estimate of drug-likeness (QED) is 0.923. The molecule has 1 aromatic heterocycles. The molecule has 5 nitrogen and oxygen atoms in total. The van der Waals surface area contributed by atoms with Crippen molar-refractivity contribution < 1.29 is 9.59 Å². The third-order valence-corrected chi connectivity index (χ3v) is 4.76. The van der Waals surface area contributed by atoms with E-state index in [4.69, 9.17) is 0 Å². The Labute approximate surface area is 131 Å². The van der Waals surface area contributed by atoms with Gasteiger partial charge in [0.2, 0.25) is 5.91 Å². The predicted octanol–water partition coefficient (Wildman–Crippen LogP) is 1.85. The largest absolute Gasteiger partial charge is 0.353 e. The van der Waals surface area contributed by atoms with Gasteiger partial charge < -0.3 is 10.2 Å². The van der Waals surface area contributed by atoms with E-state index in [-0.39, 0.29) is 17.7 Å². The molecule has 1 atom stereocenters. The summed E-state index contributed by atoms with van der Waals surface area (Å²) < 4.78 is 0. The van der Waals surface area contributed by atoms with E-state index >= 15 is 0 Å². The van der Waals surface area contributed by atoms with Crippen LogP contribution in [-0.4, -0.2) is 40.8 Å². The van der Waals surface area contributed by atoms with E-state index in [2.05, 4.69) is 17.2 Å². The third kappa shape index (κ3) is 3.46. The Balaban J connectivity index is 1.49. The summed E-state index contributed by atoms with van der Waals surface area (Å²) in [6.45, 7) is 3.38. The second kappa shape index (κ2) is 6.46. The molecule has 22 heavy (non-hydrogen) atoms. The molecule has 2 amide bonds. The first-order chi connectivity index (χ1) is 10.6. The lowest BCUT2D eigenvalue weighted by atomic mass is 9.95. The highest BCUT2D eigenvalue weighted by Gasteiger charge is 2.32. The van der Waals surface area contributed by atoms with Gasteiger partial charge in [-0.15, -0.1) is 0 Å². The number of piperidine rings is 1. The van der Waals surface area contributed by atoms with E-state index in [1.54, 1.807) is 24.5 Å². The third-order valence-electron chi connectivity index (χ3n) is 4.76. The number of pyridine rings is 1. The van der Waals surface area contributed by atoms with E-state index in [9.17, 15) is 9.59 Å². The molecule has 1 aromatic rings. The number of rotatable bonds is 4. The number of nitrogens with zero attached hydrogens (tertiary/aromatic N) is 2. The molecule has 118 valence electrons. The molecule has 1 N–H and O–H groups in total. The number of hydrogen-bond acceptors (Lipinski definition) is 3. The summed E-state index contributed by atoms with van der Waals surface area (Å²) in [5.41, 5.74) is 0.618. The van der Waals surface area contributed by atoms with Crippen molar-refractivity contribution in [2.45, 2.75) is 38.6 Å². The first-order valence-electron chi connectivity index (χ1n) is 8.15. The smallest absolute Gasteiger partial charge is 0.255 e. The van der Waals surface area contributed by atoms with Crippen molar-refractivity contribution in [2.24, 2.45) is 11.8 Å². The van der Waals surface area contributed by atoms with E-state index in [0.29, 0.717) is 30.6 Å². The summed E-state index contributed by atoms with van der Waals surface area (Å²) >= 11 is 0. The van der Waals surface area contributed by atoms with Crippen molar-refractivity contribution in [3.8, 4) is 0 Å². The molecule has 2 heterocycles. The van der Waals surface area contributed by atoms with Crippen LogP contribution in [0, 0.1) is 11.8 Å². The lowest BCUT2D eigenvalue weighted by molar-refractivity contribution is -0.127. The van der Waals surface area contributed by atoms with E-state index < -0.39 is 0 Å². The summed E-state index contributed by atoms with van der Waals surface area (Å²) in [4.78, 5) is 30.4. The van der Waals surface area contributed by atoms with Crippen molar-refractivity contribution in [1.82, 2.24) is 15.2 Å². The summed E-state index contributed by atoms with van der Waals surface area (Å²) in [5.74, 6) is 0.890. The number of amides is 2. The minimum atomic E-state index is 0.0123. The fourth-order valence-electron chi connectivity index (χ4n) is 3.07. The number of aromatic nitrogens is 1. The Hall–Kier alpha value is -1.91. The lowest BCUT2D eigenvalue weighted by Crippen LogP contribution is -2.45. The molecule has 1 unspecified atom stereocenters. The van der Waals surface area contributed by atoms with Crippen LogP contribution in [0.2, 0.25) is 0 Å². The number of carbonyl (C=O) groups excluding carboxylic acids is 2. The maximum Gasteiger partial charge on any atom is 0.255 e. The van der Waals surface area contributed by atoms with Crippen molar-refractivity contribution >= 4 is 11.8 Å². The summed E-state index contributed by atoms with van der Waals surface area (Å²) in [6, 6.07) is 3.85. The van der Waals surface area contributed by atoms with Gasteiger partial charge in [0.25, 0.3) is 5.91 Å². The maximum atomic E-state index is 12.3. The highest BCUT2D eigenvalue weighted by molar-refractivity contribution is 5.94. The normalized spacial score (nSPS) is 20.5. The summed E-state index contributed by atoms with van der Waals surface area (Å²) in [6.07, 6.45) is 7.22. The molecule has 3 rings (SSSR count). The molecule has 1 aliphatic heterocycles. The summed E-state index contributed by atoms with van der Waals surface area (Å²) in [5, 5.41) is 3.13. The Bertz CT molecular complexity index is 534. The van der Waals surface area contributed by atoms with Crippen LogP contribution in [-0.2, 0) is 4.79 Å². The average molecular weight is 301 g/mol. The van der Waals surface area contributed by atoms with Gasteiger partial charge >= 0.3 is 0 Å². The van der Waals surface area contributed by atoms with Crippen LogP contribution in [0.3, 0.4) is 0 Å². The molecule has 5 heteroatoms. The molecule has 1 saturated heterocycles. The van der Waals surface area contributed by atoms with Gasteiger partial charge in [0.15, 0.2) is 0 Å². The minimum absolute atomic E-state index is 0.0123. The van der Waals surface area contributed by atoms with Crippen LogP contribution in [0.5, 0.6) is 0 Å². The molecule has 0 spiro atoms. The van der Waals surface area contributed by atoms with Crippen molar-refractivity contribution in [3.63, 3.8) is 0 Å². The fourth-order valence-corrected chi connectivity index (χ4v) is 3.07. The van der Waals surface area contributed by atoms with Crippen molar-refractivity contribution in [1.29, 1.82) is 0 Å². The van der Waals surface area contributed by atoms with Crippen LogP contribution >= 0.6 is 0 Å². The molecule has 1 saturated carbocycles. The Morgan fingerprint density at radius 3 is 2.59 bits per heavy atom. The number of hydrogen-bond donors (Lipinski definition) is 1. The van der Waals surface area contributed by atoms with Crippen LogP contribution in [0.25, 0.3) is 0 Å². The monoisotopic (exact) mass is 301 g/mol. The zero-order chi connectivity index (χ0) is 15.5. The molecule has 1 aliphatic carbocycles. The molecule has 2 fully saturated rings. The highest BCUT2D eigenvalue weighted by Crippen LogP contribution is 2.32. The molecule has 0 bridgehead atoms. The van der Waals surface area contributed by atoms with E-state index in [1.165, 1.54) is 12.8 Å². The molecule has 0 radical (unpaired) electrons. The second-order valence-corrected chi connectivity index (χ2v) is 6.44. The SMILES string of the molecule is CC(NC(=O)C1CCN(C(=O)c2cccnc2)CC1)C1CC1. The van der Waals surface area contributed by atoms with Gasteiger partial charge in [-0.2, -0.15) is 0 Å². The van der Waals surface area contributed by atoms with Crippen LogP contribution < -0.4 is 5.32 Å². The van der Waals surface area contributed by atoms with Gasteiger partial charge in [0.1, 0.15) is 0 Å². The number of likely N-dealkylation sites (tertiary alicyclic amines) is 1. The summed E-state index contributed by atoms with van der Waals surface area (Å²) in [7, 11) is 0. The van der Waals surface area contributed by atoms with Crippen LogP contribution in [0.15, 0.2) is 24.5 Å². The highest BCUT2D eigenvalue weighted by atomic mass is 16.2. The zero-order valence-corrected chi connectivity index (χ0v) is 13.0. The number of carbonyl (C=O) groups is 2. The van der Waals surface area contributed by atoms with Gasteiger partial charge in [0.05, 0.1) is 5.56 Å². The average Bonchev–Trinajstić information content (AvgIpc) is 3.40. The predicted molar refractivity (Wildman–Crippen MR) is 83.2 cm³/mol. The molecular formula is C17H23N3O2. The first kappa shape index (κ1) is 15.0. The van der Waals surface area contributed by atoms with Crippen molar-refractivity contribution in [3.05, 3.63) is 30.1 Å². The van der Waals surface area contributed by atoms with Gasteiger partial charge in [-0.3, -0.25) is 14.6 Å². The minimum Gasteiger partial charge on any atom is -0.353 e. The lowest BCUT2D eigenvalue weighted by Gasteiger charge is -2.32. The van der Waals surface area contributed by atoms with E-state index in [0.717, 1.165) is 12.8 Å². The van der Waals surface area contributed by atoms with E-state index in [1.807, 2.05) is 4.90 Å². The molecule has 2 aliphatic rings. The number of nitrogens with one attached hydrogen (secondary N) is 1. The standard InChI is InChI=1S/C17H23N3O2/c1-12(13-4-5-13)19-16(21)14-6-9-20(10-7-14)17(22)15-3-2-8-18-11-15/h2-3,8,11-14H,4-7,9-10H2,1H3,(H,19,21). The molecule has 0 aromatic carbocycles. The van der Waals surface area contributed by atoms with Crippen molar-refractivity contribution in [2.75, 3.05) is 13.1 Å². The second-order valence-electron chi connectivity index (χ2n) is 6.44.